The summed E-state index contributed by atoms with van der Waals surface area (Å²) < 4.78 is 0. The van der Waals surface area contributed by atoms with Crippen molar-refractivity contribution in [1.29, 1.82) is 0 Å². The van der Waals surface area contributed by atoms with E-state index in [0.717, 1.165) is 28.3 Å². The SMILES string of the molecule is CCc1ccc(CC)c(C(Cl)c2scc(C)c2Cl)c1. The minimum atomic E-state index is -0.146. The first kappa shape index (κ1) is 14.9. The van der Waals surface area contributed by atoms with Gasteiger partial charge in [-0.15, -0.1) is 22.9 Å². The van der Waals surface area contributed by atoms with Crippen molar-refractivity contribution in [2.45, 2.75) is 39.0 Å². The minimum Gasteiger partial charge on any atom is -0.145 e. The molecule has 1 atom stereocenters. The van der Waals surface area contributed by atoms with Gasteiger partial charge < -0.3 is 0 Å². The number of thiophene rings is 1. The molecule has 0 nitrogen and oxygen atoms in total. The van der Waals surface area contributed by atoms with Crippen molar-refractivity contribution in [2.24, 2.45) is 0 Å². The lowest BCUT2D eigenvalue weighted by Gasteiger charge is -2.15. The number of aryl methyl sites for hydroxylation is 3. The Labute approximate surface area is 129 Å². The third-order valence-electron chi connectivity index (χ3n) is 3.43. The minimum absolute atomic E-state index is 0.146. The topological polar surface area (TPSA) is 0 Å². The number of hydrogen-bond donors (Lipinski definition) is 0. The molecule has 0 fully saturated rings. The third kappa shape index (κ3) is 2.99. The van der Waals surface area contributed by atoms with Gasteiger partial charge in [0, 0.05) is 4.88 Å². The summed E-state index contributed by atoms with van der Waals surface area (Å²) in [4.78, 5) is 1.06. The molecule has 1 unspecified atom stereocenters. The molecule has 1 aromatic heterocycles. The van der Waals surface area contributed by atoms with Gasteiger partial charge in [0.15, 0.2) is 0 Å². The lowest BCUT2D eigenvalue weighted by atomic mass is 9.97. The molecule has 0 N–H and O–H groups in total. The molecule has 0 saturated heterocycles. The Morgan fingerprint density at radius 3 is 2.47 bits per heavy atom. The monoisotopic (exact) mass is 312 g/mol. The average Bonchev–Trinajstić information content (AvgIpc) is 2.77. The highest BCUT2D eigenvalue weighted by atomic mass is 35.5. The molecule has 102 valence electrons. The van der Waals surface area contributed by atoms with E-state index in [1.165, 1.54) is 16.7 Å². The van der Waals surface area contributed by atoms with E-state index in [1.807, 2.05) is 6.92 Å². The van der Waals surface area contributed by atoms with Gasteiger partial charge in [-0.2, -0.15) is 0 Å². The van der Waals surface area contributed by atoms with Crippen LogP contribution in [0.2, 0.25) is 5.02 Å². The van der Waals surface area contributed by atoms with Crippen LogP contribution in [0.25, 0.3) is 0 Å². The van der Waals surface area contributed by atoms with Crippen LogP contribution in [-0.4, -0.2) is 0 Å². The molecule has 0 saturated carbocycles. The predicted octanol–water partition coefficient (Wildman–Crippen LogP) is 6.16. The van der Waals surface area contributed by atoms with Crippen LogP contribution in [0.5, 0.6) is 0 Å². The highest BCUT2D eigenvalue weighted by Gasteiger charge is 2.20. The van der Waals surface area contributed by atoms with E-state index < -0.39 is 0 Å². The van der Waals surface area contributed by atoms with Crippen molar-refractivity contribution in [3.8, 4) is 0 Å². The van der Waals surface area contributed by atoms with E-state index in [1.54, 1.807) is 11.3 Å². The fourth-order valence-electron chi connectivity index (χ4n) is 2.18. The summed E-state index contributed by atoms with van der Waals surface area (Å²) in [6, 6.07) is 6.60. The molecule has 0 aliphatic rings. The first-order chi connectivity index (χ1) is 9.08. The number of hydrogen-bond acceptors (Lipinski definition) is 1. The van der Waals surface area contributed by atoms with Crippen LogP contribution in [0.1, 0.15) is 46.4 Å². The highest BCUT2D eigenvalue weighted by molar-refractivity contribution is 7.11. The van der Waals surface area contributed by atoms with Gasteiger partial charge in [0.2, 0.25) is 0 Å². The summed E-state index contributed by atoms with van der Waals surface area (Å²) in [5.41, 5.74) is 4.94. The average molecular weight is 313 g/mol. The van der Waals surface area contributed by atoms with Gasteiger partial charge in [-0.25, -0.2) is 0 Å². The van der Waals surface area contributed by atoms with Crippen molar-refractivity contribution in [3.05, 3.63) is 55.7 Å². The molecule has 1 aromatic carbocycles. The van der Waals surface area contributed by atoms with Crippen molar-refractivity contribution in [1.82, 2.24) is 0 Å². The van der Waals surface area contributed by atoms with Gasteiger partial charge in [-0.1, -0.05) is 43.6 Å². The Morgan fingerprint density at radius 2 is 1.95 bits per heavy atom. The highest BCUT2D eigenvalue weighted by Crippen LogP contribution is 2.41. The predicted molar refractivity (Wildman–Crippen MR) is 87.0 cm³/mol. The van der Waals surface area contributed by atoms with Gasteiger partial charge in [0.05, 0.1) is 10.4 Å². The van der Waals surface area contributed by atoms with Crippen LogP contribution in [-0.2, 0) is 12.8 Å². The van der Waals surface area contributed by atoms with Gasteiger partial charge >= 0.3 is 0 Å². The Balaban J connectivity index is 2.47. The van der Waals surface area contributed by atoms with Gasteiger partial charge in [-0.3, -0.25) is 0 Å². The molecule has 0 radical (unpaired) electrons. The molecule has 0 bridgehead atoms. The molecule has 2 aromatic rings. The van der Waals surface area contributed by atoms with E-state index in [2.05, 4.69) is 37.4 Å². The van der Waals surface area contributed by atoms with Crippen LogP contribution < -0.4 is 0 Å². The van der Waals surface area contributed by atoms with Crippen molar-refractivity contribution >= 4 is 34.5 Å². The number of alkyl halides is 1. The molecular formula is C16H18Cl2S. The summed E-state index contributed by atoms with van der Waals surface area (Å²) in [6.45, 7) is 6.35. The molecular weight excluding hydrogens is 295 g/mol. The van der Waals surface area contributed by atoms with Crippen LogP contribution in [0, 0.1) is 6.92 Å². The van der Waals surface area contributed by atoms with Crippen molar-refractivity contribution in [3.63, 3.8) is 0 Å². The molecule has 19 heavy (non-hydrogen) atoms. The zero-order chi connectivity index (χ0) is 14.0. The van der Waals surface area contributed by atoms with Crippen LogP contribution in [0.15, 0.2) is 23.6 Å². The second-order valence-electron chi connectivity index (χ2n) is 4.70. The van der Waals surface area contributed by atoms with Crippen LogP contribution in [0.3, 0.4) is 0 Å². The zero-order valence-electron chi connectivity index (χ0n) is 11.5. The quantitative estimate of drug-likeness (QED) is 0.593. The maximum atomic E-state index is 6.69. The molecule has 1 heterocycles. The van der Waals surface area contributed by atoms with Crippen molar-refractivity contribution in [2.75, 3.05) is 0 Å². The Hall–Kier alpha value is -0.500. The Bertz CT molecular complexity index is 572. The summed E-state index contributed by atoms with van der Waals surface area (Å²) in [5, 5.41) is 2.74. The molecule has 0 spiro atoms. The van der Waals surface area contributed by atoms with Crippen LogP contribution in [0.4, 0.5) is 0 Å². The lowest BCUT2D eigenvalue weighted by molar-refractivity contribution is 1.03. The Morgan fingerprint density at radius 1 is 1.21 bits per heavy atom. The second kappa shape index (κ2) is 6.30. The first-order valence-electron chi connectivity index (χ1n) is 6.57. The second-order valence-corrected chi connectivity index (χ2v) is 6.43. The normalized spacial score (nSPS) is 12.7. The molecule has 0 aliphatic heterocycles. The molecule has 0 amide bonds. The van der Waals surface area contributed by atoms with E-state index in [-0.39, 0.29) is 5.38 Å². The smallest absolute Gasteiger partial charge is 0.0945 e. The summed E-state index contributed by atoms with van der Waals surface area (Å²) >= 11 is 14.7. The van der Waals surface area contributed by atoms with Crippen LogP contribution >= 0.6 is 34.5 Å². The van der Waals surface area contributed by atoms with E-state index in [0.29, 0.717) is 0 Å². The van der Waals surface area contributed by atoms with Gasteiger partial charge in [-0.05, 0) is 47.4 Å². The fraction of sp³-hybridized carbons (Fsp3) is 0.375. The van der Waals surface area contributed by atoms with Crippen molar-refractivity contribution < 1.29 is 0 Å². The first-order valence-corrected chi connectivity index (χ1v) is 8.27. The summed E-state index contributed by atoms with van der Waals surface area (Å²) in [7, 11) is 0. The lowest BCUT2D eigenvalue weighted by Crippen LogP contribution is -1.99. The maximum Gasteiger partial charge on any atom is 0.0945 e. The van der Waals surface area contributed by atoms with Gasteiger partial charge in [0.1, 0.15) is 0 Å². The summed E-state index contributed by atoms with van der Waals surface area (Å²) in [5.74, 6) is 0. The molecule has 0 aliphatic carbocycles. The number of halogens is 2. The van der Waals surface area contributed by atoms with E-state index in [9.17, 15) is 0 Å². The zero-order valence-corrected chi connectivity index (χ0v) is 13.8. The Kier molecular flexibility index (Phi) is 4.94. The maximum absolute atomic E-state index is 6.69. The standard InChI is InChI=1S/C16H18Cl2S/c1-4-11-6-7-12(5-2)13(8-11)15(18)16-14(17)10(3)9-19-16/h6-9,15H,4-5H2,1-3H3. The largest absolute Gasteiger partial charge is 0.145 e. The van der Waals surface area contributed by atoms with Gasteiger partial charge in [0.25, 0.3) is 0 Å². The molecule has 3 heteroatoms. The van der Waals surface area contributed by atoms with E-state index >= 15 is 0 Å². The summed E-state index contributed by atoms with van der Waals surface area (Å²) in [6.07, 6.45) is 2.02. The third-order valence-corrected chi connectivity index (χ3v) is 5.79. The van der Waals surface area contributed by atoms with E-state index in [4.69, 9.17) is 23.2 Å². The molecule has 2 rings (SSSR count). The number of benzene rings is 1. The fourth-order valence-corrected chi connectivity index (χ4v) is 4.00. The number of rotatable bonds is 4.